The minimum atomic E-state index is -0.371. The molecule has 5 rings (SSSR count). The molecular formula is C36H54N10O5. The van der Waals surface area contributed by atoms with E-state index in [1.165, 1.54) is 71.9 Å². The summed E-state index contributed by atoms with van der Waals surface area (Å²) < 4.78 is 4.74. The van der Waals surface area contributed by atoms with Gasteiger partial charge < -0.3 is 26.5 Å². The summed E-state index contributed by atoms with van der Waals surface area (Å²) in [6.07, 6.45) is 19.1. The van der Waals surface area contributed by atoms with Crippen LogP contribution in [0.4, 0.5) is 0 Å². The summed E-state index contributed by atoms with van der Waals surface area (Å²) in [6.45, 7) is 12.4. The van der Waals surface area contributed by atoms with Crippen molar-refractivity contribution in [3.8, 4) is 0 Å². The number of allylic oxidation sites excluding steroid dienone is 9. The summed E-state index contributed by atoms with van der Waals surface area (Å²) >= 11 is 0. The third kappa shape index (κ3) is 10.9. The Morgan fingerprint density at radius 1 is 0.843 bits per heavy atom. The average Bonchev–Trinajstić information content (AvgIpc) is 3.80. The van der Waals surface area contributed by atoms with Crippen LogP contribution in [0, 0.1) is 5.41 Å². The van der Waals surface area contributed by atoms with Crippen molar-refractivity contribution < 1.29 is 5.11 Å². The number of aromatic nitrogens is 8. The van der Waals surface area contributed by atoms with Gasteiger partial charge in [0.25, 0.3) is 11.1 Å². The topological polar surface area (TPSA) is 218 Å². The van der Waals surface area contributed by atoms with Crippen LogP contribution in [0.5, 0.6) is 0 Å². The van der Waals surface area contributed by atoms with Crippen LogP contribution in [0.1, 0.15) is 53.9 Å². The molecule has 0 unspecified atom stereocenters. The van der Waals surface area contributed by atoms with E-state index < -0.39 is 0 Å². The first-order valence-corrected chi connectivity index (χ1v) is 16.6. The van der Waals surface area contributed by atoms with Crippen LogP contribution in [0.15, 0.2) is 90.6 Å². The van der Waals surface area contributed by atoms with Gasteiger partial charge in [-0.3, -0.25) is 27.9 Å². The van der Waals surface area contributed by atoms with Crippen LogP contribution in [-0.2, 0) is 28.2 Å². The van der Waals surface area contributed by atoms with Gasteiger partial charge in [0.1, 0.15) is 11.0 Å². The van der Waals surface area contributed by atoms with Crippen molar-refractivity contribution in [1.29, 1.82) is 0 Å². The normalized spacial score (nSPS) is 14.7. The van der Waals surface area contributed by atoms with E-state index in [0.717, 1.165) is 14.7 Å². The maximum atomic E-state index is 11.4. The van der Waals surface area contributed by atoms with Gasteiger partial charge in [0.15, 0.2) is 11.3 Å². The van der Waals surface area contributed by atoms with Crippen LogP contribution < -0.4 is 34.0 Å². The molecule has 15 heteroatoms. The lowest BCUT2D eigenvalue weighted by atomic mass is 9.72. The molecule has 0 atom stereocenters. The van der Waals surface area contributed by atoms with E-state index in [2.05, 4.69) is 65.9 Å². The number of aliphatic hydroxyl groups is 1. The van der Waals surface area contributed by atoms with Gasteiger partial charge in [0.2, 0.25) is 0 Å². The van der Waals surface area contributed by atoms with Gasteiger partial charge in [-0.15, -0.1) is 0 Å². The number of aromatic amines is 2. The number of hydrogen-bond acceptors (Lipinski definition) is 9. The smallest absolute Gasteiger partial charge is 0.332 e. The number of H-pyrrole nitrogens is 2. The largest absolute Gasteiger partial charge is 0.392 e. The molecule has 51 heavy (non-hydrogen) atoms. The molecule has 0 fully saturated rings. The lowest BCUT2D eigenvalue weighted by Gasteiger charge is -2.32. The molecular weight excluding hydrogens is 652 g/mol. The molecule has 7 N–H and O–H groups in total. The van der Waals surface area contributed by atoms with Gasteiger partial charge in [-0.25, -0.2) is 19.6 Å². The molecule has 1 aliphatic rings. The highest BCUT2D eigenvalue weighted by Crippen LogP contribution is 2.40. The number of fused-ring (bicyclic) bond motifs is 2. The molecule has 0 spiro atoms. The highest BCUT2D eigenvalue weighted by Gasteiger charge is 2.26. The van der Waals surface area contributed by atoms with E-state index in [-0.39, 0.29) is 29.1 Å². The molecule has 0 saturated carbocycles. The summed E-state index contributed by atoms with van der Waals surface area (Å²) in [7, 11) is 6.02. The number of rotatable bonds is 6. The molecule has 4 aromatic rings. The highest BCUT2D eigenvalue weighted by atomic mass is 16.2. The second kappa shape index (κ2) is 19.3. The Hall–Kier alpha value is -5.12. The second-order valence-electron chi connectivity index (χ2n) is 12.9. The number of imidazole rings is 2. The van der Waals surface area contributed by atoms with Crippen LogP contribution in [0.2, 0.25) is 0 Å². The number of aliphatic hydroxyl groups excluding tert-OH is 1. The summed E-state index contributed by atoms with van der Waals surface area (Å²) in [5.41, 5.74) is 15.5. The van der Waals surface area contributed by atoms with Crippen molar-refractivity contribution in [2.75, 3.05) is 19.7 Å². The molecule has 0 aliphatic heterocycles. The Kier molecular flexibility index (Phi) is 15.9. The third-order valence-electron chi connectivity index (χ3n) is 8.41. The van der Waals surface area contributed by atoms with E-state index >= 15 is 0 Å². The average molecular weight is 707 g/mol. The maximum absolute atomic E-state index is 11.4. The van der Waals surface area contributed by atoms with Gasteiger partial charge in [-0.1, -0.05) is 67.0 Å². The van der Waals surface area contributed by atoms with Gasteiger partial charge in [-0.2, -0.15) is 0 Å². The Bertz CT molecular complexity index is 2070. The van der Waals surface area contributed by atoms with Crippen molar-refractivity contribution in [2.24, 2.45) is 45.1 Å². The minimum Gasteiger partial charge on any atom is -0.392 e. The SMILES string of the molecule is CC1=C(/C=C/C(C)=C/C=C/C(C)=C/CO)C(C)(C)CCC1.Cn1c(=O)c2[nH]cnc2n(C)c1=O.Cn1c(=O)c2[nH]cnc2n(C)c1=O.NCCN. The van der Waals surface area contributed by atoms with Gasteiger partial charge in [-0.05, 0) is 51.0 Å². The number of nitrogens with two attached hydrogens (primary N) is 2. The molecule has 4 heterocycles. The van der Waals surface area contributed by atoms with E-state index in [9.17, 15) is 19.2 Å². The maximum Gasteiger partial charge on any atom is 0.332 e. The van der Waals surface area contributed by atoms with Crippen LogP contribution in [0.25, 0.3) is 22.3 Å². The molecule has 0 aromatic carbocycles. The molecule has 0 radical (unpaired) electrons. The van der Waals surface area contributed by atoms with Crippen LogP contribution >= 0.6 is 0 Å². The monoisotopic (exact) mass is 706 g/mol. The zero-order valence-corrected chi connectivity index (χ0v) is 31.3. The Morgan fingerprint density at radius 3 is 1.76 bits per heavy atom. The molecule has 0 bridgehead atoms. The van der Waals surface area contributed by atoms with Gasteiger partial charge >= 0.3 is 11.4 Å². The molecule has 15 nitrogen and oxygen atoms in total. The standard InChI is InChI=1S/C20H30O.2C7H8N4O2.C2H8N2/c1-16(8-6-9-17(2)13-15-21)11-12-19-18(3)10-7-14-20(19,4)5;2*1-10-5-4(8-3-9-5)6(12)11(2)7(10)13;3-1-2-4/h6,8-9,11-13,21H,7,10,14-15H2,1-5H3;2*3H,1-2H3,(H,8,9);1-4H2/b9-6+,12-11+,16-8+,17-13+;;;. The number of nitrogens with one attached hydrogen (secondary N) is 2. The quantitative estimate of drug-likeness (QED) is 0.186. The van der Waals surface area contributed by atoms with Crippen LogP contribution in [-0.4, -0.2) is 63.0 Å². The molecule has 0 amide bonds. The predicted molar refractivity (Wildman–Crippen MR) is 204 cm³/mol. The van der Waals surface area contributed by atoms with E-state index in [1.54, 1.807) is 20.2 Å². The zero-order chi connectivity index (χ0) is 38.5. The first-order chi connectivity index (χ1) is 24.0. The molecule has 4 aromatic heterocycles. The van der Waals surface area contributed by atoms with Crippen LogP contribution in [0.3, 0.4) is 0 Å². The van der Waals surface area contributed by atoms with Crippen molar-refractivity contribution in [2.45, 2.75) is 53.9 Å². The summed E-state index contributed by atoms with van der Waals surface area (Å²) in [5, 5.41) is 8.81. The predicted octanol–water partition coefficient (Wildman–Crippen LogP) is 2.33. The van der Waals surface area contributed by atoms with Crippen molar-refractivity contribution in [3.05, 3.63) is 113 Å². The summed E-state index contributed by atoms with van der Waals surface area (Å²) in [5.74, 6) is 0. The van der Waals surface area contributed by atoms with Gasteiger partial charge in [0.05, 0.1) is 19.3 Å². The second-order valence-corrected chi connectivity index (χ2v) is 12.9. The van der Waals surface area contributed by atoms with E-state index in [0.29, 0.717) is 40.8 Å². The summed E-state index contributed by atoms with van der Waals surface area (Å²) in [6, 6.07) is 0. The Morgan fingerprint density at radius 2 is 1.33 bits per heavy atom. The van der Waals surface area contributed by atoms with E-state index in [1.807, 2.05) is 19.1 Å². The number of hydrogen-bond donors (Lipinski definition) is 5. The summed E-state index contributed by atoms with van der Waals surface area (Å²) in [4.78, 5) is 58.8. The van der Waals surface area contributed by atoms with Gasteiger partial charge in [0, 0.05) is 41.3 Å². The lowest BCUT2D eigenvalue weighted by molar-refractivity contribution is 0.342. The fraction of sp³-hybridized carbons (Fsp3) is 0.444. The number of nitrogens with zero attached hydrogens (tertiary/aromatic N) is 6. The van der Waals surface area contributed by atoms with E-state index in [4.69, 9.17) is 16.6 Å². The van der Waals surface area contributed by atoms with Crippen molar-refractivity contribution in [1.82, 2.24) is 38.2 Å². The molecule has 1 aliphatic carbocycles. The van der Waals surface area contributed by atoms with Crippen molar-refractivity contribution >= 4 is 22.3 Å². The molecule has 0 saturated heterocycles. The first-order valence-electron chi connectivity index (χ1n) is 16.6. The minimum absolute atomic E-state index is 0.0985. The fourth-order valence-corrected chi connectivity index (χ4v) is 5.38. The fourth-order valence-electron chi connectivity index (χ4n) is 5.38. The number of aryl methyl sites for hydroxylation is 2. The Balaban J connectivity index is 0.000000260. The lowest BCUT2D eigenvalue weighted by Crippen LogP contribution is -2.36. The molecule has 278 valence electrons. The third-order valence-corrected chi connectivity index (χ3v) is 8.41. The zero-order valence-electron chi connectivity index (χ0n) is 31.3. The Labute approximate surface area is 297 Å². The van der Waals surface area contributed by atoms with Crippen molar-refractivity contribution in [3.63, 3.8) is 0 Å². The highest BCUT2D eigenvalue weighted by molar-refractivity contribution is 5.69. The first kappa shape index (κ1) is 42.0.